The SMILES string of the molecule is COc1ccc2c(c1)C(C(=O)Nc1cncc3ccccc13)CC2. The number of rotatable bonds is 3. The van der Waals surface area contributed by atoms with Gasteiger partial charge in [-0.3, -0.25) is 9.78 Å². The van der Waals surface area contributed by atoms with E-state index in [0.29, 0.717) is 0 Å². The van der Waals surface area contributed by atoms with Gasteiger partial charge in [0, 0.05) is 17.0 Å². The van der Waals surface area contributed by atoms with Crippen molar-refractivity contribution < 1.29 is 9.53 Å². The summed E-state index contributed by atoms with van der Waals surface area (Å²) in [6, 6.07) is 13.9. The number of hydrogen-bond donors (Lipinski definition) is 1. The van der Waals surface area contributed by atoms with Crippen molar-refractivity contribution in [3.63, 3.8) is 0 Å². The summed E-state index contributed by atoms with van der Waals surface area (Å²) in [6.07, 6.45) is 5.26. The molecule has 1 aromatic heterocycles. The zero-order chi connectivity index (χ0) is 16.5. The Hall–Kier alpha value is -2.88. The second-order valence-corrected chi connectivity index (χ2v) is 6.05. The highest BCUT2D eigenvalue weighted by molar-refractivity contribution is 6.04. The first-order valence-corrected chi connectivity index (χ1v) is 8.06. The van der Waals surface area contributed by atoms with Gasteiger partial charge >= 0.3 is 0 Å². The van der Waals surface area contributed by atoms with E-state index in [2.05, 4.69) is 16.4 Å². The lowest BCUT2D eigenvalue weighted by atomic mass is 10.00. The van der Waals surface area contributed by atoms with Gasteiger partial charge in [-0.05, 0) is 36.1 Å². The topological polar surface area (TPSA) is 51.2 Å². The Morgan fingerprint density at radius 1 is 1.21 bits per heavy atom. The van der Waals surface area contributed by atoms with Crippen molar-refractivity contribution in [2.75, 3.05) is 12.4 Å². The molecule has 1 aliphatic carbocycles. The minimum Gasteiger partial charge on any atom is -0.497 e. The predicted octanol–water partition coefficient (Wildman–Crippen LogP) is 3.91. The van der Waals surface area contributed by atoms with E-state index in [4.69, 9.17) is 4.74 Å². The maximum Gasteiger partial charge on any atom is 0.231 e. The maximum absolute atomic E-state index is 12.8. The van der Waals surface area contributed by atoms with E-state index < -0.39 is 0 Å². The molecule has 0 fully saturated rings. The van der Waals surface area contributed by atoms with Crippen molar-refractivity contribution in [1.29, 1.82) is 0 Å². The molecular weight excluding hydrogens is 300 g/mol. The molecule has 24 heavy (non-hydrogen) atoms. The predicted molar refractivity (Wildman–Crippen MR) is 94.4 cm³/mol. The monoisotopic (exact) mass is 318 g/mol. The third-order valence-electron chi connectivity index (χ3n) is 4.67. The first-order valence-electron chi connectivity index (χ1n) is 8.06. The lowest BCUT2D eigenvalue weighted by molar-refractivity contribution is -0.117. The van der Waals surface area contributed by atoms with Crippen LogP contribution in [0.4, 0.5) is 5.69 Å². The van der Waals surface area contributed by atoms with E-state index >= 15 is 0 Å². The standard InChI is InChI=1S/C20H18N2O2/c1-24-15-8-6-13-7-9-17(18(13)10-15)20(23)22-19-12-21-11-14-4-2-3-5-16(14)19/h2-6,8,10-12,17H,7,9H2,1H3,(H,22,23). The second-order valence-electron chi connectivity index (χ2n) is 6.05. The molecule has 0 saturated heterocycles. The normalized spacial score (nSPS) is 16.0. The molecular formula is C20H18N2O2. The van der Waals surface area contributed by atoms with Crippen LogP contribution in [0.15, 0.2) is 54.9 Å². The van der Waals surface area contributed by atoms with Crippen LogP contribution < -0.4 is 10.1 Å². The number of aryl methyl sites for hydroxylation is 1. The summed E-state index contributed by atoms with van der Waals surface area (Å²) in [5.74, 6) is 0.662. The number of ether oxygens (including phenoxy) is 1. The number of amides is 1. The number of nitrogens with zero attached hydrogens (tertiary/aromatic N) is 1. The van der Waals surface area contributed by atoms with Gasteiger partial charge < -0.3 is 10.1 Å². The third kappa shape index (κ3) is 2.50. The lowest BCUT2D eigenvalue weighted by Gasteiger charge is -2.14. The van der Waals surface area contributed by atoms with E-state index in [1.807, 2.05) is 36.4 Å². The Balaban J connectivity index is 1.64. The highest BCUT2D eigenvalue weighted by atomic mass is 16.5. The number of fused-ring (bicyclic) bond motifs is 2. The summed E-state index contributed by atoms with van der Waals surface area (Å²) in [4.78, 5) is 17.1. The van der Waals surface area contributed by atoms with Crippen molar-refractivity contribution in [3.8, 4) is 5.75 Å². The van der Waals surface area contributed by atoms with Crippen LogP contribution in [0.1, 0.15) is 23.5 Å². The number of pyridine rings is 1. The lowest BCUT2D eigenvalue weighted by Crippen LogP contribution is -2.19. The molecule has 1 N–H and O–H groups in total. The highest BCUT2D eigenvalue weighted by Crippen LogP contribution is 2.36. The van der Waals surface area contributed by atoms with Crippen LogP contribution in [-0.2, 0) is 11.2 Å². The largest absolute Gasteiger partial charge is 0.497 e. The zero-order valence-electron chi connectivity index (χ0n) is 13.5. The number of carbonyl (C=O) groups is 1. The van der Waals surface area contributed by atoms with Crippen molar-refractivity contribution in [3.05, 3.63) is 66.0 Å². The summed E-state index contributed by atoms with van der Waals surface area (Å²) in [7, 11) is 1.65. The van der Waals surface area contributed by atoms with Gasteiger partial charge in [0.1, 0.15) is 5.75 Å². The summed E-state index contributed by atoms with van der Waals surface area (Å²) in [6.45, 7) is 0. The van der Waals surface area contributed by atoms with Gasteiger partial charge in [-0.1, -0.05) is 30.3 Å². The zero-order valence-corrected chi connectivity index (χ0v) is 13.5. The van der Waals surface area contributed by atoms with E-state index in [-0.39, 0.29) is 11.8 Å². The Morgan fingerprint density at radius 2 is 2.08 bits per heavy atom. The molecule has 1 atom stereocenters. The molecule has 0 bridgehead atoms. The Kier molecular flexibility index (Phi) is 3.65. The molecule has 1 aliphatic rings. The Morgan fingerprint density at radius 3 is 2.96 bits per heavy atom. The molecule has 4 rings (SSSR count). The van der Waals surface area contributed by atoms with Gasteiger partial charge in [-0.25, -0.2) is 0 Å². The van der Waals surface area contributed by atoms with Crippen molar-refractivity contribution in [2.45, 2.75) is 18.8 Å². The molecule has 0 saturated carbocycles. The first-order chi connectivity index (χ1) is 11.8. The van der Waals surface area contributed by atoms with Gasteiger partial charge in [-0.15, -0.1) is 0 Å². The van der Waals surface area contributed by atoms with Crippen molar-refractivity contribution >= 4 is 22.4 Å². The minimum atomic E-state index is -0.144. The highest BCUT2D eigenvalue weighted by Gasteiger charge is 2.29. The van der Waals surface area contributed by atoms with Crippen molar-refractivity contribution in [1.82, 2.24) is 4.98 Å². The van der Waals surface area contributed by atoms with Crippen LogP contribution in [0.5, 0.6) is 5.75 Å². The Bertz CT molecular complexity index is 915. The average molecular weight is 318 g/mol. The Labute approximate surface area is 140 Å². The number of nitrogens with one attached hydrogen (secondary N) is 1. The summed E-state index contributed by atoms with van der Waals surface area (Å²) in [5.41, 5.74) is 3.06. The minimum absolute atomic E-state index is 0.0140. The van der Waals surface area contributed by atoms with Crippen LogP contribution in [-0.4, -0.2) is 18.0 Å². The van der Waals surface area contributed by atoms with Gasteiger partial charge in [0.25, 0.3) is 0 Å². The molecule has 1 heterocycles. The van der Waals surface area contributed by atoms with Gasteiger partial charge in [-0.2, -0.15) is 0 Å². The summed E-state index contributed by atoms with van der Waals surface area (Å²) in [5, 5.41) is 5.08. The van der Waals surface area contributed by atoms with Gasteiger partial charge in [0.15, 0.2) is 0 Å². The third-order valence-corrected chi connectivity index (χ3v) is 4.67. The second kappa shape index (κ2) is 5.96. The van der Waals surface area contributed by atoms with Gasteiger partial charge in [0.2, 0.25) is 5.91 Å². The quantitative estimate of drug-likeness (QED) is 0.796. The fourth-order valence-electron chi connectivity index (χ4n) is 3.42. The molecule has 1 amide bonds. The molecule has 2 aromatic carbocycles. The average Bonchev–Trinajstić information content (AvgIpc) is 3.05. The van der Waals surface area contributed by atoms with Crippen LogP contribution in [0, 0.1) is 0 Å². The summed E-state index contributed by atoms with van der Waals surface area (Å²) >= 11 is 0. The van der Waals surface area contributed by atoms with E-state index in [9.17, 15) is 4.79 Å². The molecule has 120 valence electrons. The number of benzene rings is 2. The number of hydrogen-bond acceptors (Lipinski definition) is 3. The van der Waals surface area contributed by atoms with E-state index in [0.717, 1.165) is 40.6 Å². The van der Waals surface area contributed by atoms with Gasteiger partial charge in [0.05, 0.1) is 24.9 Å². The van der Waals surface area contributed by atoms with E-state index in [1.54, 1.807) is 19.5 Å². The molecule has 3 aromatic rings. The molecule has 4 heteroatoms. The van der Waals surface area contributed by atoms with Crippen LogP contribution in [0.2, 0.25) is 0 Å². The van der Waals surface area contributed by atoms with E-state index in [1.165, 1.54) is 5.56 Å². The van der Waals surface area contributed by atoms with Crippen LogP contribution >= 0.6 is 0 Å². The molecule has 0 radical (unpaired) electrons. The molecule has 0 spiro atoms. The molecule has 4 nitrogen and oxygen atoms in total. The smallest absolute Gasteiger partial charge is 0.231 e. The first kappa shape index (κ1) is 14.7. The molecule has 0 aliphatic heterocycles. The van der Waals surface area contributed by atoms with Crippen molar-refractivity contribution in [2.24, 2.45) is 0 Å². The number of anilines is 1. The fraction of sp³-hybridized carbons (Fsp3) is 0.200. The summed E-state index contributed by atoms with van der Waals surface area (Å²) < 4.78 is 5.30. The van der Waals surface area contributed by atoms with Crippen LogP contribution in [0.3, 0.4) is 0 Å². The fourth-order valence-corrected chi connectivity index (χ4v) is 3.42. The number of aromatic nitrogens is 1. The van der Waals surface area contributed by atoms with Crippen LogP contribution in [0.25, 0.3) is 10.8 Å². The molecule has 1 unspecified atom stereocenters. The number of methoxy groups -OCH3 is 1. The maximum atomic E-state index is 12.8. The number of carbonyl (C=O) groups excluding carboxylic acids is 1.